The molecule has 0 aliphatic carbocycles. The van der Waals surface area contributed by atoms with Gasteiger partial charge in [-0.3, -0.25) is 18.5 Å². The Morgan fingerprint density at radius 3 is 1.29 bits per heavy atom. The maximum atomic E-state index is 13.7. The Morgan fingerprint density at radius 1 is 0.559 bits per heavy atom. The molecule has 0 unspecified atom stereocenters. The summed E-state index contributed by atoms with van der Waals surface area (Å²) in [7, 11) is -4.22. The highest BCUT2D eigenvalue weighted by molar-refractivity contribution is 7.86. The van der Waals surface area contributed by atoms with Crippen LogP contribution in [0.2, 0.25) is 0 Å². The van der Waals surface area contributed by atoms with Gasteiger partial charge in [-0.25, -0.2) is 4.79 Å². The van der Waals surface area contributed by atoms with Crippen LogP contribution >= 0.6 is 0 Å². The van der Waals surface area contributed by atoms with Crippen LogP contribution in [0, 0.1) is 0 Å². The molecule has 59 heavy (non-hydrogen) atoms. The Hall–Kier alpha value is -6.21. The van der Waals surface area contributed by atoms with E-state index in [1.807, 2.05) is 182 Å². The van der Waals surface area contributed by atoms with Crippen molar-refractivity contribution in [2.24, 2.45) is 0 Å². The van der Waals surface area contributed by atoms with Crippen molar-refractivity contribution in [3.8, 4) is 0 Å². The third kappa shape index (κ3) is 7.99. The van der Waals surface area contributed by atoms with Crippen molar-refractivity contribution in [2.75, 3.05) is 12.9 Å². The van der Waals surface area contributed by atoms with Gasteiger partial charge in [-0.1, -0.05) is 182 Å². The van der Waals surface area contributed by atoms with Gasteiger partial charge < -0.3 is 14.2 Å². The number of hydrogen-bond donors (Lipinski definition) is 1. The topological polar surface area (TPSA) is 126 Å². The van der Waals surface area contributed by atoms with E-state index in [-0.39, 0.29) is 6.61 Å². The lowest BCUT2D eigenvalue weighted by Gasteiger charge is -2.40. The highest BCUT2D eigenvalue weighted by atomic mass is 32.2. The summed E-state index contributed by atoms with van der Waals surface area (Å²) in [5, 5.41) is 0. The smallest absolute Gasteiger partial charge is 0.330 e. The van der Waals surface area contributed by atoms with E-state index in [1.165, 1.54) is 16.8 Å². The van der Waals surface area contributed by atoms with Crippen molar-refractivity contribution in [2.45, 2.75) is 35.7 Å². The minimum absolute atomic E-state index is 0.234. The molecule has 10 nitrogen and oxygen atoms in total. The van der Waals surface area contributed by atoms with Gasteiger partial charge in [-0.2, -0.15) is 8.42 Å². The SMILES string of the molecule is CS(=O)(=O)O[C@H]1[C@@H](OC(c2ccccc2)(c2ccccc2)c2ccccc2)[C@@H](n2ccc(=O)[nH]c2=O)O[C@@H]1COC(c1ccccc1)(c1ccccc1)c1ccccc1. The molecule has 1 aliphatic rings. The Labute approximate surface area is 342 Å². The number of benzene rings is 6. The molecule has 2 heterocycles. The van der Waals surface area contributed by atoms with E-state index in [9.17, 15) is 18.0 Å². The maximum absolute atomic E-state index is 13.7. The van der Waals surface area contributed by atoms with Gasteiger partial charge in [0.25, 0.3) is 15.7 Å². The molecule has 11 heteroatoms. The molecule has 0 saturated carbocycles. The predicted molar refractivity (Wildman–Crippen MR) is 224 cm³/mol. The van der Waals surface area contributed by atoms with Crippen molar-refractivity contribution in [1.29, 1.82) is 0 Å². The highest BCUT2D eigenvalue weighted by Gasteiger charge is 2.54. The fourth-order valence-electron chi connectivity index (χ4n) is 8.04. The van der Waals surface area contributed by atoms with Gasteiger partial charge >= 0.3 is 5.69 Å². The van der Waals surface area contributed by atoms with Crippen molar-refractivity contribution in [3.63, 3.8) is 0 Å². The van der Waals surface area contributed by atoms with Crippen LogP contribution in [0.3, 0.4) is 0 Å². The first kappa shape index (κ1) is 39.6. The van der Waals surface area contributed by atoms with Crippen molar-refractivity contribution < 1.29 is 26.8 Å². The van der Waals surface area contributed by atoms with Crippen LogP contribution < -0.4 is 11.2 Å². The second kappa shape index (κ2) is 16.9. The molecule has 4 atom stereocenters. The van der Waals surface area contributed by atoms with Gasteiger partial charge in [0.05, 0.1) is 12.9 Å². The molecule has 1 fully saturated rings. The lowest BCUT2D eigenvalue weighted by molar-refractivity contribution is -0.123. The zero-order valence-electron chi connectivity index (χ0n) is 32.1. The summed E-state index contributed by atoms with van der Waals surface area (Å²) in [5.41, 5.74) is 0.586. The predicted octanol–water partition coefficient (Wildman–Crippen LogP) is 7.16. The van der Waals surface area contributed by atoms with Crippen molar-refractivity contribution >= 4 is 10.1 Å². The lowest BCUT2D eigenvalue weighted by Crippen LogP contribution is -2.47. The Balaban J connectivity index is 1.33. The number of H-pyrrole nitrogens is 1. The molecule has 0 bridgehead atoms. The summed E-state index contributed by atoms with van der Waals surface area (Å²) in [6.07, 6.45) is -2.92. The number of nitrogens with zero attached hydrogens (tertiary/aromatic N) is 1. The van der Waals surface area contributed by atoms with E-state index in [0.29, 0.717) is 0 Å². The van der Waals surface area contributed by atoms with E-state index in [2.05, 4.69) is 4.98 Å². The fourth-order valence-corrected chi connectivity index (χ4v) is 8.68. The summed E-state index contributed by atoms with van der Waals surface area (Å²) in [6, 6.07) is 59.0. The van der Waals surface area contributed by atoms with Gasteiger partial charge in [-0.05, 0) is 33.4 Å². The van der Waals surface area contributed by atoms with Crippen LogP contribution in [0.25, 0.3) is 0 Å². The Morgan fingerprint density at radius 2 is 0.932 bits per heavy atom. The monoisotopic (exact) mass is 806 g/mol. The average molecular weight is 807 g/mol. The van der Waals surface area contributed by atoms with Crippen molar-refractivity contribution in [1.82, 2.24) is 9.55 Å². The van der Waals surface area contributed by atoms with E-state index in [1.54, 1.807) is 0 Å². The molecular weight excluding hydrogens is 765 g/mol. The second-order valence-corrected chi connectivity index (χ2v) is 15.9. The average Bonchev–Trinajstić information content (AvgIpc) is 3.59. The standard InChI is InChI=1S/C48H42N2O8S/c1-59(53,54)58-43-41(34-55-47(35-20-8-2-9-21-35,36-22-10-3-11-23-36)37-24-12-4-13-25-37)56-45(50-33-32-42(51)49-46(50)52)44(43)57-48(38-26-14-5-15-27-38,39-28-16-6-17-29-39)40-30-18-7-19-31-40/h2-33,41,43-45H,34H2,1H3,(H,49,51,52)/t41-,43-,44-,45+/m1/s1. The third-order valence-electron chi connectivity index (χ3n) is 10.6. The lowest BCUT2D eigenvalue weighted by atomic mass is 9.79. The molecule has 1 N–H and O–H groups in total. The zero-order chi connectivity index (χ0) is 40.9. The van der Waals surface area contributed by atoms with Gasteiger partial charge in [0.15, 0.2) is 6.23 Å². The van der Waals surface area contributed by atoms with E-state index < -0.39 is 57.1 Å². The summed E-state index contributed by atoms with van der Waals surface area (Å²) in [4.78, 5) is 28.4. The minimum atomic E-state index is -4.22. The molecule has 6 aromatic carbocycles. The molecule has 1 aromatic heterocycles. The van der Waals surface area contributed by atoms with Gasteiger partial charge in [0.1, 0.15) is 29.5 Å². The van der Waals surface area contributed by atoms with E-state index in [4.69, 9.17) is 18.4 Å². The van der Waals surface area contributed by atoms with Crippen molar-refractivity contribution in [3.05, 3.63) is 248 Å². The van der Waals surface area contributed by atoms with Crippen LogP contribution in [0.15, 0.2) is 204 Å². The van der Waals surface area contributed by atoms with E-state index in [0.717, 1.165) is 39.6 Å². The normalized spacial score (nSPS) is 18.4. The summed E-state index contributed by atoms with van der Waals surface area (Å²) in [6.45, 7) is -0.234. The van der Waals surface area contributed by atoms with Crippen LogP contribution in [0.4, 0.5) is 0 Å². The second-order valence-electron chi connectivity index (χ2n) is 14.3. The number of ether oxygens (including phenoxy) is 3. The number of aromatic amines is 1. The van der Waals surface area contributed by atoms with Crippen LogP contribution in [0.5, 0.6) is 0 Å². The third-order valence-corrected chi connectivity index (χ3v) is 11.1. The molecule has 0 spiro atoms. The first-order chi connectivity index (χ1) is 28.7. The summed E-state index contributed by atoms with van der Waals surface area (Å²) in [5.74, 6) is 0. The molecule has 1 aliphatic heterocycles. The van der Waals surface area contributed by atoms with Crippen LogP contribution in [0.1, 0.15) is 39.6 Å². The summed E-state index contributed by atoms with van der Waals surface area (Å²) >= 11 is 0. The van der Waals surface area contributed by atoms with Crippen LogP contribution in [-0.2, 0) is 39.7 Å². The quantitative estimate of drug-likeness (QED) is 0.0907. The first-order valence-electron chi connectivity index (χ1n) is 19.2. The molecule has 7 aromatic rings. The number of aromatic nitrogens is 2. The molecule has 298 valence electrons. The van der Waals surface area contributed by atoms with E-state index >= 15 is 0 Å². The van der Waals surface area contributed by atoms with Crippen LogP contribution in [-0.4, -0.2) is 49.1 Å². The Bertz CT molecular complexity index is 2490. The molecule has 0 radical (unpaired) electrons. The Kier molecular flexibility index (Phi) is 11.4. The zero-order valence-corrected chi connectivity index (χ0v) is 32.9. The molecular formula is C48H42N2O8S. The highest BCUT2D eigenvalue weighted by Crippen LogP contribution is 2.47. The summed E-state index contributed by atoms with van der Waals surface area (Å²) < 4.78 is 55.4. The van der Waals surface area contributed by atoms with Gasteiger partial charge in [-0.15, -0.1) is 0 Å². The fraction of sp³-hybridized carbons (Fsp3) is 0.167. The first-order valence-corrected chi connectivity index (χ1v) is 21.0. The molecule has 1 saturated heterocycles. The van der Waals surface area contributed by atoms with Gasteiger partial charge in [0, 0.05) is 12.3 Å². The minimum Gasteiger partial charge on any atom is -0.358 e. The largest absolute Gasteiger partial charge is 0.358 e. The van der Waals surface area contributed by atoms with Gasteiger partial charge in [0.2, 0.25) is 0 Å². The number of nitrogens with one attached hydrogen (secondary N) is 1. The molecule has 0 amide bonds. The molecule has 8 rings (SSSR count). The number of rotatable bonds is 14. The number of hydrogen-bond acceptors (Lipinski definition) is 8. The maximum Gasteiger partial charge on any atom is 0.330 e.